The molecule has 112 valence electrons. The van der Waals surface area contributed by atoms with Crippen LogP contribution in [0.3, 0.4) is 0 Å². The number of thioether (sulfide) groups is 1. The van der Waals surface area contributed by atoms with E-state index in [1.165, 1.54) is 11.8 Å². The van der Waals surface area contributed by atoms with E-state index in [0.717, 1.165) is 4.90 Å². The van der Waals surface area contributed by atoms with Gasteiger partial charge in [-0.15, -0.1) is 11.8 Å². The number of aliphatic hydroxyl groups is 1. The van der Waals surface area contributed by atoms with E-state index >= 15 is 0 Å². The highest BCUT2D eigenvalue weighted by Crippen LogP contribution is 2.31. The molecular weight excluding hydrogens is 292 g/mol. The third-order valence-electron chi connectivity index (χ3n) is 3.54. The summed E-state index contributed by atoms with van der Waals surface area (Å²) in [4.78, 5) is 24.5. The van der Waals surface area contributed by atoms with E-state index in [1.54, 1.807) is 12.1 Å². The Balaban J connectivity index is 1.67. The molecule has 1 aromatic carbocycles. The van der Waals surface area contributed by atoms with Gasteiger partial charge in [-0.05, 0) is 18.2 Å². The van der Waals surface area contributed by atoms with E-state index in [-0.39, 0.29) is 25.0 Å². The first-order valence-electron chi connectivity index (χ1n) is 6.71. The first-order valence-corrected chi connectivity index (χ1v) is 7.69. The molecule has 2 aliphatic heterocycles. The third kappa shape index (κ3) is 3.20. The van der Waals surface area contributed by atoms with Gasteiger partial charge in [0.15, 0.2) is 0 Å². The standard InChI is InChI=1S/C14H16N2O4S/c17-12-6-21-11-2-1-9(5-10(11)16-12)13(18)15-7-14(19)3-4-20-8-14/h1-2,5,19H,3-4,6-8H2,(H,15,18)(H,16,17). The van der Waals surface area contributed by atoms with E-state index in [9.17, 15) is 14.7 Å². The molecule has 1 aromatic rings. The first kappa shape index (κ1) is 14.4. The summed E-state index contributed by atoms with van der Waals surface area (Å²) in [6, 6.07) is 5.19. The topological polar surface area (TPSA) is 87.7 Å². The first-order chi connectivity index (χ1) is 10.1. The Hall–Kier alpha value is -1.57. The molecule has 2 heterocycles. The Kier molecular flexibility index (Phi) is 3.88. The minimum Gasteiger partial charge on any atom is -0.386 e. The number of nitrogens with one attached hydrogen (secondary N) is 2. The molecule has 1 saturated heterocycles. The number of carbonyl (C=O) groups excluding carboxylic acids is 2. The maximum Gasteiger partial charge on any atom is 0.251 e. The zero-order valence-electron chi connectivity index (χ0n) is 11.3. The Morgan fingerprint density at radius 1 is 1.52 bits per heavy atom. The summed E-state index contributed by atoms with van der Waals surface area (Å²) in [6.45, 7) is 0.905. The molecule has 7 heteroatoms. The molecule has 0 bridgehead atoms. The highest BCUT2D eigenvalue weighted by Gasteiger charge is 2.32. The van der Waals surface area contributed by atoms with Gasteiger partial charge in [0.05, 0.1) is 18.0 Å². The molecule has 0 radical (unpaired) electrons. The van der Waals surface area contributed by atoms with Gasteiger partial charge in [-0.1, -0.05) is 0 Å². The number of hydrogen-bond acceptors (Lipinski definition) is 5. The fraction of sp³-hybridized carbons (Fsp3) is 0.429. The molecule has 1 fully saturated rings. The van der Waals surface area contributed by atoms with Gasteiger partial charge < -0.3 is 20.5 Å². The SMILES string of the molecule is O=C1CSc2ccc(C(=O)NCC3(O)CCOC3)cc2N1. The molecule has 1 unspecified atom stereocenters. The van der Waals surface area contributed by atoms with Crippen LogP contribution in [-0.2, 0) is 9.53 Å². The Bertz CT molecular complexity index is 584. The maximum atomic E-state index is 12.1. The predicted molar refractivity (Wildman–Crippen MR) is 78.5 cm³/mol. The van der Waals surface area contributed by atoms with Crippen molar-refractivity contribution in [2.45, 2.75) is 16.9 Å². The average Bonchev–Trinajstić information content (AvgIpc) is 2.91. The van der Waals surface area contributed by atoms with Crippen molar-refractivity contribution < 1.29 is 19.4 Å². The largest absolute Gasteiger partial charge is 0.386 e. The van der Waals surface area contributed by atoms with Crippen molar-refractivity contribution in [1.82, 2.24) is 5.32 Å². The lowest BCUT2D eigenvalue weighted by Crippen LogP contribution is -2.43. The number of hydrogen-bond donors (Lipinski definition) is 3. The lowest BCUT2D eigenvalue weighted by Gasteiger charge is -2.21. The minimum atomic E-state index is -0.978. The van der Waals surface area contributed by atoms with Gasteiger partial charge in [0, 0.05) is 30.0 Å². The maximum absolute atomic E-state index is 12.1. The summed E-state index contributed by atoms with van der Waals surface area (Å²) in [5.41, 5.74) is 0.138. The van der Waals surface area contributed by atoms with Crippen molar-refractivity contribution in [2.75, 3.05) is 30.8 Å². The number of benzene rings is 1. The van der Waals surface area contributed by atoms with Crippen molar-refractivity contribution in [3.8, 4) is 0 Å². The second-order valence-corrected chi connectivity index (χ2v) is 6.27. The smallest absolute Gasteiger partial charge is 0.251 e. The van der Waals surface area contributed by atoms with Crippen molar-refractivity contribution in [1.29, 1.82) is 0 Å². The Labute approximate surface area is 126 Å². The summed E-state index contributed by atoms with van der Waals surface area (Å²) in [6.07, 6.45) is 0.518. The number of fused-ring (bicyclic) bond motifs is 1. The highest BCUT2D eigenvalue weighted by atomic mass is 32.2. The number of amides is 2. The fourth-order valence-electron chi connectivity index (χ4n) is 2.31. The van der Waals surface area contributed by atoms with Gasteiger partial charge in [-0.25, -0.2) is 0 Å². The highest BCUT2D eigenvalue weighted by molar-refractivity contribution is 8.00. The van der Waals surface area contributed by atoms with Crippen molar-refractivity contribution in [3.05, 3.63) is 23.8 Å². The van der Waals surface area contributed by atoms with Gasteiger partial charge in [0.1, 0.15) is 5.60 Å². The van der Waals surface area contributed by atoms with Crippen LogP contribution in [-0.4, -0.2) is 48.0 Å². The summed E-state index contributed by atoms with van der Waals surface area (Å²) < 4.78 is 5.13. The van der Waals surface area contributed by atoms with Gasteiger partial charge >= 0.3 is 0 Å². The molecule has 0 spiro atoms. The summed E-state index contributed by atoms with van der Waals surface area (Å²) in [7, 11) is 0. The fourth-order valence-corrected chi connectivity index (χ4v) is 3.10. The zero-order chi connectivity index (χ0) is 14.9. The lowest BCUT2D eigenvalue weighted by atomic mass is 10.0. The van der Waals surface area contributed by atoms with Crippen LogP contribution >= 0.6 is 11.8 Å². The molecular formula is C14H16N2O4S. The van der Waals surface area contributed by atoms with E-state index in [2.05, 4.69) is 10.6 Å². The van der Waals surface area contributed by atoms with Crippen molar-refractivity contribution >= 4 is 29.3 Å². The summed E-state index contributed by atoms with van der Waals surface area (Å²) in [5.74, 6) is 0.0522. The number of carbonyl (C=O) groups is 2. The summed E-state index contributed by atoms with van der Waals surface area (Å²) in [5, 5.41) is 15.6. The van der Waals surface area contributed by atoms with Gasteiger partial charge in [0.2, 0.25) is 5.91 Å². The average molecular weight is 308 g/mol. The lowest BCUT2D eigenvalue weighted by molar-refractivity contribution is -0.113. The molecule has 0 aliphatic carbocycles. The van der Waals surface area contributed by atoms with E-state index < -0.39 is 5.60 Å². The second kappa shape index (κ2) is 5.67. The van der Waals surface area contributed by atoms with Crippen LogP contribution < -0.4 is 10.6 Å². The van der Waals surface area contributed by atoms with Crippen LogP contribution in [0.1, 0.15) is 16.8 Å². The van der Waals surface area contributed by atoms with Crippen LogP contribution in [0.2, 0.25) is 0 Å². The van der Waals surface area contributed by atoms with Crippen LogP contribution in [0.25, 0.3) is 0 Å². The molecule has 0 saturated carbocycles. The van der Waals surface area contributed by atoms with Gasteiger partial charge in [-0.2, -0.15) is 0 Å². The normalized spacial score (nSPS) is 24.3. The van der Waals surface area contributed by atoms with Gasteiger partial charge in [-0.3, -0.25) is 9.59 Å². The number of anilines is 1. The third-order valence-corrected chi connectivity index (χ3v) is 4.61. The molecule has 2 amide bonds. The molecule has 6 nitrogen and oxygen atoms in total. The molecule has 2 aliphatic rings. The van der Waals surface area contributed by atoms with Crippen LogP contribution in [0.15, 0.2) is 23.1 Å². The van der Waals surface area contributed by atoms with Crippen molar-refractivity contribution in [2.24, 2.45) is 0 Å². The van der Waals surface area contributed by atoms with Crippen molar-refractivity contribution in [3.63, 3.8) is 0 Å². The Morgan fingerprint density at radius 2 is 2.38 bits per heavy atom. The van der Waals surface area contributed by atoms with Crippen LogP contribution in [0.5, 0.6) is 0 Å². The molecule has 1 atom stereocenters. The molecule has 0 aromatic heterocycles. The minimum absolute atomic E-state index is 0.0672. The van der Waals surface area contributed by atoms with Crippen LogP contribution in [0.4, 0.5) is 5.69 Å². The molecule has 21 heavy (non-hydrogen) atoms. The monoisotopic (exact) mass is 308 g/mol. The summed E-state index contributed by atoms with van der Waals surface area (Å²) >= 11 is 1.45. The van der Waals surface area contributed by atoms with E-state index in [0.29, 0.717) is 30.0 Å². The zero-order valence-corrected chi connectivity index (χ0v) is 12.2. The number of rotatable bonds is 3. The molecule has 3 rings (SSSR count). The predicted octanol–water partition coefficient (Wildman–Crippen LogP) is 0.612. The van der Waals surface area contributed by atoms with E-state index in [1.807, 2.05) is 6.07 Å². The van der Waals surface area contributed by atoms with Gasteiger partial charge in [0.25, 0.3) is 5.91 Å². The Morgan fingerprint density at radius 3 is 3.14 bits per heavy atom. The van der Waals surface area contributed by atoms with E-state index in [4.69, 9.17) is 4.74 Å². The van der Waals surface area contributed by atoms with Crippen LogP contribution in [0, 0.1) is 0 Å². The molecule has 3 N–H and O–H groups in total. The number of ether oxygens (including phenoxy) is 1. The second-order valence-electron chi connectivity index (χ2n) is 5.26. The quantitative estimate of drug-likeness (QED) is 0.761.